The Bertz CT molecular complexity index is 941. The molecule has 0 atom stereocenters. The summed E-state index contributed by atoms with van der Waals surface area (Å²) in [7, 11) is 0. The Hall–Kier alpha value is -2.59. The average Bonchev–Trinajstić information content (AvgIpc) is 3.47. The second kappa shape index (κ2) is 10.3. The van der Waals surface area contributed by atoms with Crippen LogP contribution in [0.5, 0.6) is 5.75 Å². The topological polar surface area (TPSA) is 132 Å². The number of nitrogen functional groups attached to an aromatic ring is 1. The van der Waals surface area contributed by atoms with Gasteiger partial charge in [-0.1, -0.05) is 6.07 Å². The van der Waals surface area contributed by atoms with Crippen LogP contribution in [0.1, 0.15) is 52.7 Å². The molecule has 7 nitrogen and oxygen atoms in total. The van der Waals surface area contributed by atoms with Crippen LogP contribution in [0.2, 0.25) is 0 Å². The molecule has 0 aliphatic heterocycles. The van der Waals surface area contributed by atoms with E-state index in [1.165, 1.54) is 10.6 Å². The molecular formula is C19H25F2N3O4S. The summed E-state index contributed by atoms with van der Waals surface area (Å²) in [6, 6.07) is 4.79. The van der Waals surface area contributed by atoms with Crippen molar-refractivity contribution < 1.29 is 23.2 Å². The van der Waals surface area contributed by atoms with E-state index in [4.69, 9.17) is 16.0 Å². The van der Waals surface area contributed by atoms with E-state index >= 15 is 0 Å². The van der Waals surface area contributed by atoms with E-state index in [9.17, 15) is 23.5 Å². The van der Waals surface area contributed by atoms with Crippen LogP contribution in [0, 0.1) is 13.8 Å². The molecule has 0 spiro atoms. The van der Waals surface area contributed by atoms with Gasteiger partial charge in [0.15, 0.2) is 0 Å². The molecule has 1 aromatic heterocycles. The quantitative estimate of drug-likeness (QED) is 0.377. The molecular weight excluding hydrogens is 404 g/mol. The first-order chi connectivity index (χ1) is 13.6. The number of amides is 1. The normalized spacial score (nSPS) is 12.6. The number of aromatic nitrogens is 1. The number of pyridine rings is 1. The van der Waals surface area contributed by atoms with Crippen LogP contribution in [-0.4, -0.2) is 26.6 Å². The minimum atomic E-state index is -2.17. The molecule has 3 rings (SSSR count). The van der Waals surface area contributed by atoms with Crippen molar-refractivity contribution in [1.29, 1.82) is 0 Å². The highest BCUT2D eigenvalue weighted by atomic mass is 32.1. The molecule has 1 aliphatic rings. The number of halogens is 2. The summed E-state index contributed by atoms with van der Waals surface area (Å²) < 4.78 is 28.7. The summed E-state index contributed by atoms with van der Waals surface area (Å²) in [6.45, 7) is 4.36. The number of phenolic OH excluding ortho intramolecular Hbond substituents is 1. The number of carbonyl (C=O) groups is 1. The number of hydrogen-bond donors (Lipinski definition) is 5. The molecule has 1 heterocycles. The maximum atomic E-state index is 12.9. The van der Waals surface area contributed by atoms with Gasteiger partial charge in [-0.05, 0) is 70.1 Å². The summed E-state index contributed by atoms with van der Waals surface area (Å²) >= 11 is 2.53. The van der Waals surface area contributed by atoms with E-state index in [1.54, 1.807) is 19.1 Å². The van der Waals surface area contributed by atoms with Gasteiger partial charge in [0.1, 0.15) is 11.6 Å². The number of hydrogen-bond acceptors (Lipinski definition) is 6. The molecule has 29 heavy (non-hydrogen) atoms. The molecule has 10 heteroatoms. The third kappa shape index (κ3) is 5.70. The first-order valence-corrected chi connectivity index (χ1v) is 9.09. The lowest BCUT2D eigenvalue weighted by molar-refractivity contribution is 0.100. The van der Waals surface area contributed by atoms with Gasteiger partial charge < -0.3 is 21.1 Å². The summed E-state index contributed by atoms with van der Waals surface area (Å²) in [4.78, 5) is 24.6. The number of alkyl halides is 2. The molecule has 0 unspecified atom stereocenters. The molecule has 0 bridgehead atoms. The van der Waals surface area contributed by atoms with Crippen molar-refractivity contribution in [3.8, 4) is 11.4 Å². The molecule has 0 radical (unpaired) electrons. The number of phenols is 1. The molecule has 1 amide bonds. The minimum absolute atomic E-state index is 0.00343. The lowest BCUT2D eigenvalue weighted by Crippen LogP contribution is -2.29. The van der Waals surface area contributed by atoms with Crippen LogP contribution in [-0.2, 0) is 0 Å². The van der Waals surface area contributed by atoms with Gasteiger partial charge >= 0.3 is 0 Å². The van der Waals surface area contributed by atoms with Gasteiger partial charge in [-0.25, -0.2) is 8.78 Å². The fourth-order valence-electron chi connectivity index (χ4n) is 2.93. The number of carbonyl (C=O) groups excluding carboxylic acids is 1. The van der Waals surface area contributed by atoms with Crippen LogP contribution in [0.25, 0.3) is 5.69 Å². The number of rotatable bonds is 3. The number of benzene rings is 1. The maximum Gasteiger partial charge on any atom is 0.260 e. The Morgan fingerprint density at radius 1 is 1.28 bits per heavy atom. The van der Waals surface area contributed by atoms with Gasteiger partial charge in [0, 0.05) is 11.1 Å². The number of aromatic hydroxyl groups is 1. The number of primary amides is 1. The lowest BCUT2D eigenvalue weighted by atomic mass is 10.0. The zero-order valence-corrected chi connectivity index (χ0v) is 17.2. The first kappa shape index (κ1) is 24.4. The van der Waals surface area contributed by atoms with Gasteiger partial charge in [0.2, 0.25) is 6.43 Å². The van der Waals surface area contributed by atoms with E-state index in [1.807, 2.05) is 6.92 Å². The SMILES string of the molecule is CC(F)F.Cc1ccc(O)c(C)c1-n1c(N)c(C(N)=O)cc(C2CC2)c1=O.OS. The van der Waals surface area contributed by atoms with Crippen LogP contribution < -0.4 is 17.0 Å². The van der Waals surface area contributed by atoms with Crippen molar-refractivity contribution in [2.45, 2.75) is 46.0 Å². The van der Waals surface area contributed by atoms with E-state index in [2.05, 4.69) is 12.9 Å². The van der Waals surface area contributed by atoms with Crippen molar-refractivity contribution >= 4 is 24.6 Å². The van der Waals surface area contributed by atoms with Crippen molar-refractivity contribution in [3.05, 3.63) is 50.8 Å². The monoisotopic (exact) mass is 429 g/mol. The van der Waals surface area contributed by atoms with Crippen molar-refractivity contribution in [2.24, 2.45) is 5.73 Å². The lowest BCUT2D eigenvalue weighted by Gasteiger charge is -2.19. The second-order valence-electron chi connectivity index (χ2n) is 6.57. The van der Waals surface area contributed by atoms with E-state index in [0.29, 0.717) is 16.8 Å². The number of thiol groups is 1. The molecule has 2 aromatic rings. The predicted molar refractivity (Wildman–Crippen MR) is 111 cm³/mol. The largest absolute Gasteiger partial charge is 0.508 e. The minimum Gasteiger partial charge on any atom is -0.508 e. The number of anilines is 1. The van der Waals surface area contributed by atoms with Crippen LogP contribution in [0.15, 0.2) is 23.0 Å². The molecule has 1 aromatic carbocycles. The number of nitrogens with two attached hydrogens (primary N) is 2. The van der Waals surface area contributed by atoms with Crippen LogP contribution in [0.3, 0.4) is 0 Å². The van der Waals surface area contributed by atoms with Gasteiger partial charge in [-0.15, -0.1) is 0 Å². The Balaban J connectivity index is 0.000000627. The van der Waals surface area contributed by atoms with E-state index in [0.717, 1.165) is 25.3 Å². The number of nitrogens with zero attached hydrogens (tertiary/aromatic N) is 1. The fraction of sp³-hybridized carbons (Fsp3) is 0.368. The van der Waals surface area contributed by atoms with Gasteiger partial charge in [-0.3, -0.25) is 14.2 Å². The summed E-state index contributed by atoms with van der Waals surface area (Å²) in [5.41, 5.74) is 13.7. The molecule has 160 valence electrons. The Kier molecular flexibility index (Phi) is 8.65. The first-order valence-electron chi connectivity index (χ1n) is 8.69. The third-order valence-electron chi connectivity index (χ3n) is 4.38. The molecule has 1 aliphatic carbocycles. The standard InChI is InChI=1S/C17H19N3O3.C2H4F2.H2OS/c1-8-3-6-13(21)9(2)14(8)20-15(18)12(16(19)22)7-11(17(20)23)10-4-5-10;1-2(3)4;1-2/h3,6-7,10,21H,4-5,18H2,1-2H3,(H2,19,22);2H,1H3;1-2H. The smallest absolute Gasteiger partial charge is 0.260 e. The Labute approximate surface area is 172 Å². The highest BCUT2D eigenvalue weighted by molar-refractivity contribution is 7.74. The Morgan fingerprint density at radius 2 is 1.79 bits per heavy atom. The maximum absolute atomic E-state index is 12.9. The fourth-order valence-corrected chi connectivity index (χ4v) is 2.93. The van der Waals surface area contributed by atoms with Gasteiger partial charge in [0.25, 0.3) is 11.5 Å². The van der Waals surface area contributed by atoms with Gasteiger partial charge in [0.05, 0.1) is 11.3 Å². The zero-order valence-electron chi connectivity index (χ0n) is 16.3. The summed E-state index contributed by atoms with van der Waals surface area (Å²) in [5.74, 6) is -0.461. The summed E-state index contributed by atoms with van der Waals surface area (Å²) in [5, 5.41) is 9.99. The van der Waals surface area contributed by atoms with Crippen molar-refractivity contribution in [1.82, 2.24) is 4.57 Å². The zero-order chi connectivity index (χ0) is 22.5. The predicted octanol–water partition coefficient (Wildman–Crippen LogP) is 3.38. The highest BCUT2D eigenvalue weighted by Crippen LogP contribution is 2.39. The molecule has 0 saturated heterocycles. The second-order valence-corrected chi connectivity index (χ2v) is 6.57. The Morgan fingerprint density at radius 3 is 2.24 bits per heavy atom. The third-order valence-corrected chi connectivity index (χ3v) is 4.38. The van der Waals surface area contributed by atoms with E-state index < -0.39 is 12.3 Å². The van der Waals surface area contributed by atoms with Crippen molar-refractivity contribution in [2.75, 3.05) is 5.73 Å². The van der Waals surface area contributed by atoms with Gasteiger partial charge in [-0.2, -0.15) is 0 Å². The van der Waals surface area contributed by atoms with Crippen LogP contribution in [0.4, 0.5) is 14.6 Å². The van der Waals surface area contributed by atoms with E-state index in [-0.39, 0.29) is 28.6 Å². The van der Waals surface area contributed by atoms with Crippen LogP contribution >= 0.6 is 12.9 Å². The average molecular weight is 429 g/mol. The number of aryl methyl sites for hydroxylation is 1. The van der Waals surface area contributed by atoms with Crippen molar-refractivity contribution in [3.63, 3.8) is 0 Å². The molecule has 1 fully saturated rings. The highest BCUT2D eigenvalue weighted by Gasteiger charge is 2.30. The summed E-state index contributed by atoms with van der Waals surface area (Å²) in [6.07, 6.45) is -0.343. The molecule has 6 N–H and O–H groups in total. The molecule has 1 saturated carbocycles.